The van der Waals surface area contributed by atoms with Crippen LogP contribution in [0.5, 0.6) is 0 Å². The molecule has 1 saturated heterocycles. The van der Waals surface area contributed by atoms with Gasteiger partial charge in [-0.2, -0.15) is 0 Å². The molecule has 1 aliphatic heterocycles. The fraction of sp³-hybridized carbons (Fsp3) is 0.348. The van der Waals surface area contributed by atoms with Crippen molar-refractivity contribution in [3.8, 4) is 0 Å². The van der Waals surface area contributed by atoms with Crippen LogP contribution in [0.4, 0.5) is 0 Å². The molecule has 0 aliphatic carbocycles. The summed E-state index contributed by atoms with van der Waals surface area (Å²) in [5.74, 6) is 0.0802. The van der Waals surface area contributed by atoms with Crippen molar-refractivity contribution in [3.63, 3.8) is 0 Å². The Hall–Kier alpha value is -2.32. The Kier molecular flexibility index (Phi) is 7.29. The molecule has 3 heterocycles. The maximum Gasteiger partial charge on any atom is 0.237 e. The first-order valence-electron chi connectivity index (χ1n) is 10.2. The van der Waals surface area contributed by atoms with Crippen LogP contribution in [0.15, 0.2) is 54.0 Å². The molecule has 0 saturated carbocycles. The molecule has 1 aromatic carbocycles. The lowest BCUT2D eigenvalue weighted by molar-refractivity contribution is -0.132. The molecule has 2 aromatic heterocycles. The van der Waals surface area contributed by atoms with Gasteiger partial charge < -0.3 is 9.64 Å². The Bertz CT molecular complexity index is 1010. The molecule has 1 amide bonds. The fourth-order valence-corrected chi connectivity index (χ4v) is 4.50. The van der Waals surface area contributed by atoms with Crippen molar-refractivity contribution in [1.29, 1.82) is 0 Å². The Morgan fingerprint density at radius 2 is 2.06 bits per heavy atom. The molecule has 31 heavy (non-hydrogen) atoms. The minimum atomic E-state index is -0.132. The Morgan fingerprint density at radius 3 is 2.81 bits per heavy atom. The van der Waals surface area contributed by atoms with Gasteiger partial charge in [0.25, 0.3) is 0 Å². The molecule has 3 aromatic rings. The highest BCUT2D eigenvalue weighted by Gasteiger charge is 2.29. The number of hydrogen-bond acceptors (Lipinski definition) is 6. The van der Waals surface area contributed by atoms with Crippen molar-refractivity contribution in [2.75, 3.05) is 19.6 Å². The van der Waals surface area contributed by atoms with Gasteiger partial charge in [-0.3, -0.25) is 14.7 Å². The van der Waals surface area contributed by atoms with Crippen LogP contribution in [0.25, 0.3) is 0 Å². The van der Waals surface area contributed by atoms with Crippen molar-refractivity contribution in [2.45, 2.75) is 32.7 Å². The molecule has 1 atom stereocenters. The molecule has 0 radical (unpaired) electrons. The quantitative estimate of drug-likeness (QED) is 0.539. The van der Waals surface area contributed by atoms with E-state index in [1.54, 1.807) is 17.5 Å². The lowest BCUT2D eigenvalue weighted by atomic mass is 10.2. The van der Waals surface area contributed by atoms with Gasteiger partial charge in [0.15, 0.2) is 0 Å². The molecule has 6 nitrogen and oxygen atoms in total. The Morgan fingerprint density at radius 1 is 1.16 bits per heavy atom. The van der Waals surface area contributed by atoms with Gasteiger partial charge in [-0.05, 0) is 36.8 Å². The number of ether oxygens (including phenoxy) is 1. The van der Waals surface area contributed by atoms with Gasteiger partial charge in [-0.25, -0.2) is 4.98 Å². The van der Waals surface area contributed by atoms with Crippen LogP contribution in [0.2, 0.25) is 5.02 Å². The number of pyridine rings is 1. The van der Waals surface area contributed by atoms with Gasteiger partial charge in [0.1, 0.15) is 0 Å². The minimum Gasteiger partial charge on any atom is -0.369 e. The number of thiazole rings is 1. The topological polar surface area (TPSA) is 58.6 Å². The molecular weight excluding hydrogens is 432 g/mol. The van der Waals surface area contributed by atoms with E-state index in [1.165, 1.54) is 0 Å². The molecule has 1 unspecified atom stereocenters. The number of aromatic nitrogens is 2. The zero-order valence-electron chi connectivity index (χ0n) is 17.4. The lowest BCUT2D eigenvalue weighted by Crippen LogP contribution is -2.37. The summed E-state index contributed by atoms with van der Waals surface area (Å²) >= 11 is 7.75. The summed E-state index contributed by atoms with van der Waals surface area (Å²) in [4.78, 5) is 25.9. The normalized spacial score (nSPS) is 17.7. The van der Waals surface area contributed by atoms with E-state index in [0.29, 0.717) is 44.4 Å². The van der Waals surface area contributed by atoms with Crippen molar-refractivity contribution < 1.29 is 9.53 Å². The van der Waals surface area contributed by atoms with E-state index < -0.39 is 0 Å². The Balaban J connectivity index is 1.49. The third-order valence-electron chi connectivity index (χ3n) is 5.11. The third kappa shape index (κ3) is 6.33. The summed E-state index contributed by atoms with van der Waals surface area (Å²) < 4.78 is 6.22. The second-order valence-corrected chi connectivity index (χ2v) is 9.18. The van der Waals surface area contributed by atoms with Gasteiger partial charge in [0.2, 0.25) is 5.91 Å². The third-order valence-corrected chi connectivity index (χ3v) is 6.16. The van der Waals surface area contributed by atoms with E-state index >= 15 is 0 Å². The number of hydrogen-bond donors (Lipinski definition) is 0. The SMILES string of the molecule is Cc1nc(CN2CC(OCc3ccccn3)CN(Cc3cccc(Cl)c3)CC2=O)cs1. The van der Waals surface area contributed by atoms with Crippen LogP contribution < -0.4 is 0 Å². The monoisotopic (exact) mass is 456 g/mol. The van der Waals surface area contributed by atoms with Crippen LogP contribution in [-0.4, -0.2) is 51.4 Å². The molecule has 8 heteroatoms. The summed E-state index contributed by atoms with van der Waals surface area (Å²) in [6.45, 7) is 5.03. The highest BCUT2D eigenvalue weighted by Crippen LogP contribution is 2.18. The summed E-state index contributed by atoms with van der Waals surface area (Å²) in [5, 5.41) is 3.71. The van der Waals surface area contributed by atoms with Gasteiger partial charge >= 0.3 is 0 Å². The summed E-state index contributed by atoms with van der Waals surface area (Å²) in [6.07, 6.45) is 1.63. The molecule has 0 spiro atoms. The first-order chi connectivity index (χ1) is 15.0. The van der Waals surface area contributed by atoms with Gasteiger partial charge in [-0.15, -0.1) is 11.3 Å². The number of aryl methyl sites for hydroxylation is 1. The average molecular weight is 457 g/mol. The van der Waals surface area contributed by atoms with Crippen LogP contribution in [-0.2, 0) is 29.2 Å². The first-order valence-corrected chi connectivity index (χ1v) is 11.5. The van der Waals surface area contributed by atoms with E-state index in [0.717, 1.165) is 22.0 Å². The highest BCUT2D eigenvalue weighted by atomic mass is 35.5. The molecule has 1 fully saturated rings. The number of carbonyl (C=O) groups excluding carboxylic acids is 1. The predicted octanol–water partition coefficient (Wildman–Crippen LogP) is 3.93. The molecule has 1 aliphatic rings. The van der Waals surface area contributed by atoms with E-state index in [1.807, 2.05) is 59.7 Å². The molecule has 162 valence electrons. The Labute approximate surface area is 191 Å². The highest BCUT2D eigenvalue weighted by molar-refractivity contribution is 7.09. The van der Waals surface area contributed by atoms with Crippen LogP contribution in [0.1, 0.15) is 22.0 Å². The number of amides is 1. The van der Waals surface area contributed by atoms with Gasteiger partial charge in [0, 0.05) is 36.2 Å². The van der Waals surface area contributed by atoms with Crippen LogP contribution >= 0.6 is 22.9 Å². The summed E-state index contributed by atoms with van der Waals surface area (Å²) in [7, 11) is 0. The molecular formula is C23H25ClN4O2S. The van der Waals surface area contributed by atoms with E-state index in [-0.39, 0.29) is 12.0 Å². The first kappa shape index (κ1) is 21.9. The van der Waals surface area contributed by atoms with E-state index in [2.05, 4.69) is 14.9 Å². The van der Waals surface area contributed by atoms with Crippen molar-refractivity contribution in [1.82, 2.24) is 19.8 Å². The lowest BCUT2D eigenvalue weighted by Gasteiger charge is -2.24. The number of rotatable bonds is 7. The number of nitrogens with zero attached hydrogens (tertiary/aromatic N) is 4. The zero-order chi connectivity index (χ0) is 21.6. The van der Waals surface area contributed by atoms with Gasteiger partial charge in [-0.1, -0.05) is 29.8 Å². The maximum absolute atomic E-state index is 13.1. The zero-order valence-corrected chi connectivity index (χ0v) is 19.0. The fourth-order valence-electron chi connectivity index (χ4n) is 3.68. The van der Waals surface area contributed by atoms with Crippen LogP contribution in [0, 0.1) is 6.92 Å². The molecule has 0 bridgehead atoms. The smallest absolute Gasteiger partial charge is 0.237 e. The predicted molar refractivity (Wildman–Crippen MR) is 122 cm³/mol. The summed E-state index contributed by atoms with van der Waals surface area (Å²) in [6, 6.07) is 13.5. The van der Waals surface area contributed by atoms with E-state index in [4.69, 9.17) is 16.3 Å². The van der Waals surface area contributed by atoms with Crippen molar-refractivity contribution in [3.05, 3.63) is 81.0 Å². The van der Waals surface area contributed by atoms with Crippen LogP contribution in [0.3, 0.4) is 0 Å². The summed E-state index contributed by atoms with van der Waals surface area (Å²) in [5.41, 5.74) is 2.87. The van der Waals surface area contributed by atoms with Crippen molar-refractivity contribution in [2.24, 2.45) is 0 Å². The van der Waals surface area contributed by atoms with Gasteiger partial charge in [0.05, 0.1) is 42.2 Å². The largest absolute Gasteiger partial charge is 0.369 e. The standard InChI is InChI=1S/C23H25ClN4O2S/c1-17-26-21(16-31-17)11-28-13-22(30-15-20-7-2-3-8-25-20)12-27(14-23(28)29)10-18-5-4-6-19(24)9-18/h2-9,16,22H,10-15H2,1H3. The average Bonchev–Trinajstić information content (AvgIpc) is 3.10. The van der Waals surface area contributed by atoms with E-state index in [9.17, 15) is 4.79 Å². The van der Waals surface area contributed by atoms with Crippen molar-refractivity contribution >= 4 is 28.8 Å². The maximum atomic E-state index is 13.1. The number of benzene rings is 1. The minimum absolute atomic E-state index is 0.0802. The number of carbonyl (C=O) groups is 1. The molecule has 4 rings (SSSR count). The number of halogens is 1. The molecule has 0 N–H and O–H groups in total. The second kappa shape index (κ2) is 10.3. The second-order valence-electron chi connectivity index (χ2n) is 7.69.